The summed E-state index contributed by atoms with van der Waals surface area (Å²) in [4.78, 5) is 13.7. The Morgan fingerprint density at radius 1 is 0.707 bits per heavy atom. The molecule has 0 fully saturated rings. The van der Waals surface area contributed by atoms with E-state index in [1.807, 2.05) is 79.7 Å². The topological polar surface area (TPSA) is 54.0 Å². The molecule has 0 radical (unpaired) electrons. The Morgan fingerprint density at radius 2 is 1.29 bits per heavy atom. The second kappa shape index (κ2) is 14.6. The first-order chi connectivity index (χ1) is 19.9. The molecule has 0 aliphatic heterocycles. The van der Waals surface area contributed by atoms with Crippen LogP contribution in [0.25, 0.3) is 0 Å². The van der Waals surface area contributed by atoms with Crippen molar-refractivity contribution in [2.24, 2.45) is 0 Å². The number of hydrogen-bond acceptors (Lipinski definition) is 6. The molecule has 5 nitrogen and oxygen atoms in total. The van der Waals surface area contributed by atoms with E-state index in [1.165, 1.54) is 0 Å². The highest BCUT2D eigenvalue weighted by atomic mass is 32.2. The summed E-state index contributed by atoms with van der Waals surface area (Å²) in [7, 11) is 3.28. The molecule has 0 spiro atoms. The lowest BCUT2D eigenvalue weighted by atomic mass is 10.1. The number of carbonyl (C=O) groups is 1. The fourth-order valence-corrected chi connectivity index (χ4v) is 4.83. The van der Waals surface area contributed by atoms with Crippen molar-refractivity contribution in [3.05, 3.63) is 113 Å². The van der Waals surface area contributed by atoms with E-state index in [9.17, 15) is 4.79 Å². The molecule has 0 atom stereocenters. The summed E-state index contributed by atoms with van der Waals surface area (Å²) in [6.07, 6.45) is 0. The van der Waals surface area contributed by atoms with Gasteiger partial charge in [-0.3, -0.25) is 0 Å². The predicted molar refractivity (Wildman–Crippen MR) is 162 cm³/mol. The Bertz CT molecular complexity index is 1570. The van der Waals surface area contributed by atoms with Gasteiger partial charge in [-0.2, -0.15) is 0 Å². The van der Waals surface area contributed by atoms with Crippen LogP contribution in [0.5, 0.6) is 17.2 Å². The highest BCUT2D eigenvalue weighted by molar-refractivity contribution is 7.99. The van der Waals surface area contributed by atoms with Crippen LogP contribution in [0.15, 0.2) is 94.7 Å². The van der Waals surface area contributed by atoms with Crippen molar-refractivity contribution in [2.75, 3.05) is 27.4 Å². The monoisotopic (exact) mass is 562 g/mol. The number of benzene rings is 4. The molecular weight excluding hydrogens is 532 g/mol. The van der Waals surface area contributed by atoms with E-state index in [0.717, 1.165) is 49.1 Å². The SMILES string of the molecule is CCOC(=O)COc1ccc(Sc2cc(C#Cc3cccc(OC)c3)cc(C#Cc3cccc(OC)c3)c2)cc1C. The quantitative estimate of drug-likeness (QED) is 0.172. The minimum atomic E-state index is -0.389. The van der Waals surface area contributed by atoms with Gasteiger partial charge in [0.1, 0.15) is 17.2 Å². The van der Waals surface area contributed by atoms with Gasteiger partial charge >= 0.3 is 5.97 Å². The molecule has 0 saturated heterocycles. The van der Waals surface area contributed by atoms with Crippen molar-refractivity contribution < 1.29 is 23.7 Å². The summed E-state index contributed by atoms with van der Waals surface area (Å²) < 4.78 is 21.2. The molecule has 0 saturated carbocycles. The fraction of sp³-hybridized carbons (Fsp3) is 0.171. The van der Waals surface area contributed by atoms with Crippen LogP contribution in [-0.4, -0.2) is 33.4 Å². The molecule has 0 amide bonds. The second-order valence-electron chi connectivity index (χ2n) is 8.83. The normalized spacial score (nSPS) is 9.95. The van der Waals surface area contributed by atoms with E-state index in [0.29, 0.717) is 12.4 Å². The van der Waals surface area contributed by atoms with E-state index >= 15 is 0 Å². The molecule has 0 bridgehead atoms. The van der Waals surface area contributed by atoms with E-state index in [2.05, 4.69) is 35.8 Å². The Hall–Kier alpha value is -4.78. The van der Waals surface area contributed by atoms with Crippen LogP contribution in [0.4, 0.5) is 0 Å². The van der Waals surface area contributed by atoms with Crippen molar-refractivity contribution in [1.29, 1.82) is 0 Å². The van der Waals surface area contributed by atoms with Gasteiger partial charge in [-0.15, -0.1) is 0 Å². The zero-order valence-corrected chi connectivity index (χ0v) is 24.3. The lowest BCUT2D eigenvalue weighted by Gasteiger charge is -2.10. The van der Waals surface area contributed by atoms with Crippen molar-refractivity contribution in [1.82, 2.24) is 0 Å². The molecule has 4 aromatic carbocycles. The van der Waals surface area contributed by atoms with Crippen molar-refractivity contribution >= 4 is 17.7 Å². The van der Waals surface area contributed by atoms with Gasteiger partial charge in [0.25, 0.3) is 0 Å². The minimum absolute atomic E-state index is 0.121. The number of methoxy groups -OCH3 is 2. The summed E-state index contributed by atoms with van der Waals surface area (Å²) in [5.74, 6) is 14.8. The predicted octanol–water partition coefficient (Wildman–Crippen LogP) is 6.90. The van der Waals surface area contributed by atoms with Gasteiger partial charge in [0.05, 0.1) is 20.8 Å². The van der Waals surface area contributed by atoms with Crippen LogP contribution < -0.4 is 14.2 Å². The average molecular weight is 563 g/mol. The van der Waals surface area contributed by atoms with Gasteiger partial charge in [-0.05, 0) is 92.2 Å². The number of hydrogen-bond donors (Lipinski definition) is 0. The average Bonchev–Trinajstić information content (AvgIpc) is 2.99. The summed E-state index contributed by atoms with van der Waals surface area (Å²) in [6, 6.07) is 27.3. The van der Waals surface area contributed by atoms with Crippen LogP contribution >= 0.6 is 11.8 Å². The lowest BCUT2D eigenvalue weighted by Crippen LogP contribution is -2.14. The van der Waals surface area contributed by atoms with Crippen molar-refractivity contribution in [2.45, 2.75) is 23.6 Å². The zero-order chi connectivity index (χ0) is 29.0. The van der Waals surface area contributed by atoms with Gasteiger partial charge in [0, 0.05) is 32.0 Å². The van der Waals surface area contributed by atoms with Gasteiger partial charge < -0.3 is 18.9 Å². The molecule has 41 heavy (non-hydrogen) atoms. The third kappa shape index (κ3) is 8.86. The molecule has 4 rings (SSSR count). The molecule has 6 heteroatoms. The number of esters is 1. The van der Waals surface area contributed by atoms with Crippen LogP contribution in [-0.2, 0) is 9.53 Å². The van der Waals surface area contributed by atoms with Crippen molar-refractivity contribution in [3.63, 3.8) is 0 Å². The Balaban J connectivity index is 1.63. The summed E-state index contributed by atoms with van der Waals surface area (Å²) in [5, 5.41) is 0. The van der Waals surface area contributed by atoms with Crippen LogP contribution in [0.3, 0.4) is 0 Å². The Labute approximate surface area is 245 Å². The summed E-state index contributed by atoms with van der Waals surface area (Å²) >= 11 is 1.60. The van der Waals surface area contributed by atoms with Gasteiger partial charge in [0.15, 0.2) is 6.61 Å². The highest BCUT2D eigenvalue weighted by Crippen LogP contribution is 2.32. The Morgan fingerprint density at radius 3 is 1.83 bits per heavy atom. The molecule has 4 aromatic rings. The number of carbonyl (C=O) groups excluding carboxylic acids is 1. The largest absolute Gasteiger partial charge is 0.497 e. The summed E-state index contributed by atoms with van der Waals surface area (Å²) in [5.41, 5.74) is 4.34. The van der Waals surface area contributed by atoms with Crippen LogP contribution in [0.1, 0.15) is 34.7 Å². The number of ether oxygens (including phenoxy) is 4. The van der Waals surface area contributed by atoms with E-state index in [-0.39, 0.29) is 12.6 Å². The van der Waals surface area contributed by atoms with E-state index < -0.39 is 0 Å². The van der Waals surface area contributed by atoms with E-state index in [4.69, 9.17) is 18.9 Å². The van der Waals surface area contributed by atoms with E-state index in [1.54, 1.807) is 32.9 Å². The smallest absolute Gasteiger partial charge is 0.344 e. The minimum Gasteiger partial charge on any atom is -0.497 e. The zero-order valence-electron chi connectivity index (χ0n) is 23.4. The summed E-state index contributed by atoms with van der Waals surface area (Å²) in [6.45, 7) is 3.92. The molecule has 0 aliphatic carbocycles. The maximum Gasteiger partial charge on any atom is 0.344 e. The third-order valence-electron chi connectivity index (χ3n) is 5.78. The second-order valence-corrected chi connectivity index (χ2v) is 9.98. The molecule has 0 N–H and O–H groups in total. The standard InChI is InChI=1S/C35H30O5S/c1-5-39-35(36)24-40-34-17-16-32(18-25(34)2)41-33-22-28(14-12-26-8-6-10-30(20-26)37-3)19-29(23-33)15-13-27-9-7-11-31(21-27)38-4/h6-11,16-23H,5,24H2,1-4H3. The van der Waals surface area contributed by atoms with Crippen LogP contribution in [0.2, 0.25) is 0 Å². The first kappa shape index (κ1) is 29.2. The molecule has 0 aromatic heterocycles. The lowest BCUT2D eigenvalue weighted by molar-refractivity contribution is -0.145. The van der Waals surface area contributed by atoms with Crippen LogP contribution in [0, 0.1) is 30.6 Å². The molecule has 0 unspecified atom stereocenters. The van der Waals surface area contributed by atoms with Gasteiger partial charge in [-0.1, -0.05) is 47.6 Å². The fourth-order valence-electron chi connectivity index (χ4n) is 3.82. The third-order valence-corrected chi connectivity index (χ3v) is 6.74. The molecular formula is C35H30O5S. The first-order valence-electron chi connectivity index (χ1n) is 13.0. The van der Waals surface area contributed by atoms with Gasteiger partial charge in [-0.25, -0.2) is 4.79 Å². The number of aryl methyl sites for hydroxylation is 1. The Kier molecular flexibility index (Phi) is 10.4. The maximum absolute atomic E-state index is 11.7. The van der Waals surface area contributed by atoms with Gasteiger partial charge in [0.2, 0.25) is 0 Å². The molecule has 0 aliphatic rings. The number of rotatable bonds is 8. The maximum atomic E-state index is 11.7. The highest BCUT2D eigenvalue weighted by Gasteiger charge is 2.08. The molecule has 206 valence electrons. The molecule has 0 heterocycles. The first-order valence-corrected chi connectivity index (χ1v) is 13.8. The van der Waals surface area contributed by atoms with Crippen molar-refractivity contribution in [3.8, 4) is 40.9 Å².